The molecule has 0 radical (unpaired) electrons. The second-order valence-electron chi connectivity index (χ2n) is 1.43. The van der Waals surface area contributed by atoms with Gasteiger partial charge in [-0.25, -0.2) is 16.8 Å². The Balaban J connectivity index is 3.00. The summed E-state index contributed by atoms with van der Waals surface area (Å²) in [5.41, 5.74) is 0. The van der Waals surface area contributed by atoms with E-state index in [-0.39, 0.29) is 0 Å². The van der Waals surface area contributed by atoms with Crippen LogP contribution in [0.3, 0.4) is 0 Å². The highest BCUT2D eigenvalue weighted by atomic mass is 32.3. The van der Waals surface area contributed by atoms with Crippen LogP contribution in [0.15, 0.2) is 0 Å². The minimum absolute atomic E-state index is 0.764. The molecular formula is H2BNO4S2. The molecule has 0 atom stereocenters. The number of rotatable bonds is 0. The molecule has 1 heterocycles. The maximum absolute atomic E-state index is 10.0. The molecule has 1 fully saturated rings. The highest BCUT2D eigenvalue weighted by molar-refractivity contribution is 8.53. The highest BCUT2D eigenvalue weighted by Crippen LogP contribution is 2.01. The maximum atomic E-state index is 10.0. The topological polar surface area (TPSA) is 80.3 Å². The molecule has 5 nitrogen and oxygen atoms in total. The predicted octanol–water partition coefficient (Wildman–Crippen LogP) is -2.48. The fourth-order valence-electron chi connectivity index (χ4n) is 0.385. The monoisotopic (exact) mass is 155 g/mol. The maximum Gasteiger partial charge on any atom is 0.457 e. The van der Waals surface area contributed by atoms with Gasteiger partial charge in [-0.05, 0) is 0 Å². The molecular weight excluding hydrogens is 153 g/mol. The average Bonchev–Trinajstić information content (AvgIpc) is 1.20. The van der Waals surface area contributed by atoms with E-state index in [0.717, 1.165) is 0 Å². The third kappa shape index (κ3) is 1.01. The van der Waals surface area contributed by atoms with Crippen LogP contribution in [0.4, 0.5) is 0 Å². The van der Waals surface area contributed by atoms with E-state index in [4.69, 9.17) is 0 Å². The van der Waals surface area contributed by atoms with Crippen molar-refractivity contribution in [1.29, 1.82) is 0 Å². The van der Waals surface area contributed by atoms with Crippen LogP contribution in [0.5, 0.6) is 0 Å². The minimum Gasteiger partial charge on any atom is -0.223 e. The van der Waals surface area contributed by atoms with Crippen molar-refractivity contribution in [2.75, 3.05) is 0 Å². The van der Waals surface area contributed by atoms with Crippen molar-refractivity contribution in [2.24, 2.45) is 0 Å². The van der Waals surface area contributed by atoms with Gasteiger partial charge in [0.05, 0.1) is 0 Å². The molecule has 0 aromatic rings. The summed E-state index contributed by atoms with van der Waals surface area (Å²) in [5, 5.41) is 0. The zero-order valence-electron chi connectivity index (χ0n) is 3.66. The molecule has 0 saturated carbocycles. The largest absolute Gasteiger partial charge is 0.457 e. The van der Waals surface area contributed by atoms with Gasteiger partial charge in [0.2, 0.25) is 0 Å². The van der Waals surface area contributed by atoms with E-state index in [1.165, 1.54) is 4.13 Å². The smallest absolute Gasteiger partial charge is 0.223 e. The summed E-state index contributed by atoms with van der Waals surface area (Å²) < 4.78 is 41.5. The fourth-order valence-corrected chi connectivity index (χ4v) is 3.47. The van der Waals surface area contributed by atoms with Crippen LogP contribution in [0.25, 0.3) is 0 Å². The third-order valence-corrected chi connectivity index (χ3v) is 5.08. The molecule has 0 bridgehead atoms. The lowest BCUT2D eigenvalue weighted by Crippen LogP contribution is -2.51. The van der Waals surface area contributed by atoms with Crippen molar-refractivity contribution < 1.29 is 16.8 Å². The molecule has 8 heteroatoms. The molecule has 1 aliphatic rings. The Kier molecular flexibility index (Phi) is 0.948. The molecule has 0 aromatic heterocycles. The molecule has 0 amide bonds. The summed E-state index contributed by atoms with van der Waals surface area (Å²) in [4.78, 5) is 0. The van der Waals surface area contributed by atoms with Gasteiger partial charge in [-0.3, -0.25) is 0 Å². The molecule has 0 unspecified atom stereocenters. The third-order valence-electron chi connectivity index (χ3n) is 0.564. The number of nitrogens with one attached hydrogen (secondary N) is 1. The Hall–Kier alpha value is -0.0751. The molecule has 1 aliphatic heterocycles. The summed E-state index contributed by atoms with van der Waals surface area (Å²) in [7, 11) is -6.85. The Morgan fingerprint density at radius 2 is 1.25 bits per heavy atom. The summed E-state index contributed by atoms with van der Waals surface area (Å²) in [5.74, 6) is -0.764. The zero-order chi connectivity index (χ0) is 6.41. The Labute approximate surface area is 47.2 Å². The van der Waals surface area contributed by atoms with Gasteiger partial charge in [0.1, 0.15) is 0 Å². The fraction of sp³-hybridized carbons (Fsp3) is 0. The Bertz CT molecular complexity index is 234. The van der Waals surface area contributed by atoms with Gasteiger partial charge < -0.3 is 0 Å². The van der Waals surface area contributed by atoms with E-state index < -0.39 is 25.6 Å². The van der Waals surface area contributed by atoms with Crippen LogP contribution in [-0.4, -0.2) is 22.7 Å². The lowest BCUT2D eigenvalue weighted by Gasteiger charge is -2.12. The van der Waals surface area contributed by atoms with Gasteiger partial charge >= 0.3 is 5.84 Å². The second-order valence-corrected chi connectivity index (χ2v) is 5.50. The van der Waals surface area contributed by atoms with Gasteiger partial charge in [0, 0.05) is 0 Å². The normalized spacial score (nSPS) is 30.0. The van der Waals surface area contributed by atoms with E-state index >= 15 is 0 Å². The SMILES string of the molecule is O=S1(=O)BS(=O)(=O)N1. The van der Waals surface area contributed by atoms with Crippen LogP contribution >= 0.6 is 0 Å². The standard InChI is InChI=1S/BH2NO4S2/c3-7(4)1-8(5,6)2-7/h1-2H. The van der Waals surface area contributed by atoms with Crippen LogP contribution in [0.2, 0.25) is 0 Å². The summed E-state index contributed by atoms with van der Waals surface area (Å²) in [6, 6.07) is 0. The van der Waals surface area contributed by atoms with Crippen LogP contribution < -0.4 is 4.13 Å². The summed E-state index contributed by atoms with van der Waals surface area (Å²) in [6.45, 7) is 0. The van der Waals surface area contributed by atoms with Crippen molar-refractivity contribution in [2.45, 2.75) is 0 Å². The van der Waals surface area contributed by atoms with Crippen LogP contribution in [0, 0.1) is 0 Å². The molecule has 0 aromatic carbocycles. The van der Waals surface area contributed by atoms with Crippen molar-refractivity contribution in [3.8, 4) is 0 Å². The molecule has 1 saturated heterocycles. The lowest BCUT2D eigenvalue weighted by molar-refractivity contribution is 0.586. The molecule has 0 aliphatic carbocycles. The van der Waals surface area contributed by atoms with E-state index in [0.29, 0.717) is 0 Å². The molecule has 46 valence electrons. The van der Waals surface area contributed by atoms with Gasteiger partial charge in [-0.15, -0.1) is 4.13 Å². The summed E-state index contributed by atoms with van der Waals surface area (Å²) in [6.07, 6.45) is 0. The van der Waals surface area contributed by atoms with Gasteiger partial charge in [-0.1, -0.05) is 0 Å². The minimum atomic E-state index is -3.43. The Morgan fingerprint density at radius 3 is 1.25 bits per heavy atom. The van der Waals surface area contributed by atoms with Gasteiger partial charge in [0.15, 0.2) is 19.7 Å². The first-order valence-electron chi connectivity index (χ1n) is 1.65. The lowest BCUT2D eigenvalue weighted by atomic mass is 10.7. The summed E-state index contributed by atoms with van der Waals surface area (Å²) >= 11 is 0. The van der Waals surface area contributed by atoms with Gasteiger partial charge in [0.25, 0.3) is 0 Å². The van der Waals surface area contributed by atoms with Crippen LogP contribution in [-0.2, 0) is 19.7 Å². The van der Waals surface area contributed by atoms with Crippen molar-refractivity contribution in [1.82, 2.24) is 4.13 Å². The molecule has 1 N–H and O–H groups in total. The molecule has 0 spiro atoms. The average molecular weight is 155 g/mol. The van der Waals surface area contributed by atoms with E-state index in [1.807, 2.05) is 0 Å². The van der Waals surface area contributed by atoms with Crippen molar-refractivity contribution in [3.63, 3.8) is 0 Å². The van der Waals surface area contributed by atoms with Crippen molar-refractivity contribution in [3.05, 3.63) is 0 Å². The first-order valence-corrected chi connectivity index (χ1v) is 4.96. The van der Waals surface area contributed by atoms with Crippen molar-refractivity contribution >= 4 is 25.6 Å². The molecule has 1 rings (SSSR count). The van der Waals surface area contributed by atoms with E-state index in [2.05, 4.69) is 0 Å². The first kappa shape index (κ1) is 6.05. The highest BCUT2D eigenvalue weighted by Gasteiger charge is 2.40. The quantitative estimate of drug-likeness (QED) is 0.392. The van der Waals surface area contributed by atoms with Crippen LogP contribution in [0.1, 0.15) is 0 Å². The number of hydrogen-bond donors (Lipinski definition) is 1. The van der Waals surface area contributed by atoms with E-state index in [9.17, 15) is 16.8 Å². The van der Waals surface area contributed by atoms with Gasteiger partial charge in [-0.2, -0.15) is 0 Å². The first-order chi connectivity index (χ1) is 3.41. The zero-order valence-corrected chi connectivity index (χ0v) is 5.29. The Morgan fingerprint density at radius 1 is 1.00 bits per heavy atom. The number of hydrogen-bond acceptors (Lipinski definition) is 4. The predicted molar refractivity (Wildman–Crippen MR) is 28.1 cm³/mol. The van der Waals surface area contributed by atoms with E-state index in [1.54, 1.807) is 0 Å². The molecule has 8 heavy (non-hydrogen) atoms. The second kappa shape index (κ2) is 1.25.